The van der Waals surface area contributed by atoms with Gasteiger partial charge in [0, 0.05) is 11.1 Å². The van der Waals surface area contributed by atoms with E-state index in [1.54, 1.807) is 16.6 Å². The summed E-state index contributed by atoms with van der Waals surface area (Å²) in [6.45, 7) is 2.23. The fraction of sp³-hybridized carbons (Fsp3) is 0.438. The highest BCUT2D eigenvalue weighted by Gasteiger charge is 2.40. The second kappa shape index (κ2) is 4.51. The number of nitrogens with one attached hydrogen (secondary N) is 1. The van der Waals surface area contributed by atoms with Crippen molar-refractivity contribution < 1.29 is 0 Å². The molecule has 0 saturated carbocycles. The Balaban J connectivity index is 1.98. The maximum Gasteiger partial charge on any atom is 0.0656 e. The van der Waals surface area contributed by atoms with Crippen LogP contribution in [0.3, 0.4) is 0 Å². The van der Waals surface area contributed by atoms with Gasteiger partial charge in [0.1, 0.15) is 0 Å². The van der Waals surface area contributed by atoms with Crippen LogP contribution in [0, 0.1) is 0 Å². The predicted octanol–water partition coefficient (Wildman–Crippen LogP) is 3.88. The first-order chi connectivity index (χ1) is 8.75. The van der Waals surface area contributed by atoms with Crippen molar-refractivity contribution in [2.24, 2.45) is 0 Å². The molecule has 1 nitrogen and oxygen atoms in total. The summed E-state index contributed by atoms with van der Waals surface area (Å²) in [5.41, 5.74) is 7.99. The molecule has 1 N–H and O–H groups in total. The molecule has 0 aromatic heterocycles. The molecule has 1 spiro atoms. The fourth-order valence-corrected chi connectivity index (χ4v) is 3.75. The van der Waals surface area contributed by atoms with Gasteiger partial charge in [-0.1, -0.05) is 42.1 Å². The number of fused-ring (bicyclic) bond motifs is 2. The molecule has 94 valence electrons. The van der Waals surface area contributed by atoms with Crippen LogP contribution in [0.2, 0.25) is 0 Å². The maximum atomic E-state index is 4.96. The van der Waals surface area contributed by atoms with Gasteiger partial charge < -0.3 is 5.32 Å². The molecule has 2 aliphatic rings. The highest BCUT2D eigenvalue weighted by molar-refractivity contribution is 7.78. The molecule has 1 aromatic carbocycles. The Morgan fingerprint density at radius 1 is 1.22 bits per heavy atom. The smallest absolute Gasteiger partial charge is 0.0656 e. The van der Waals surface area contributed by atoms with Gasteiger partial charge in [-0.2, -0.15) is 0 Å². The van der Waals surface area contributed by atoms with Gasteiger partial charge in [-0.3, -0.25) is 0 Å². The van der Waals surface area contributed by atoms with E-state index in [0.29, 0.717) is 5.41 Å². The number of hydrogen-bond acceptors (Lipinski definition) is 1. The molecule has 0 heterocycles. The van der Waals surface area contributed by atoms with Crippen LogP contribution in [0.5, 0.6) is 0 Å². The highest BCUT2D eigenvalue weighted by atomic mass is 32.1. The topological polar surface area (TPSA) is 12.0 Å². The molecule has 1 atom stereocenters. The third-order valence-electron chi connectivity index (χ3n) is 4.70. The Morgan fingerprint density at radius 2 is 2.00 bits per heavy atom. The van der Waals surface area contributed by atoms with Crippen LogP contribution in [-0.2, 0) is 11.8 Å². The largest absolute Gasteiger partial charge is 0.356 e. The van der Waals surface area contributed by atoms with E-state index in [4.69, 9.17) is 12.2 Å². The Kier molecular flexibility index (Phi) is 2.98. The first kappa shape index (κ1) is 11.9. The van der Waals surface area contributed by atoms with E-state index >= 15 is 0 Å². The van der Waals surface area contributed by atoms with Crippen molar-refractivity contribution >= 4 is 17.7 Å². The quantitative estimate of drug-likeness (QED) is 0.807. The van der Waals surface area contributed by atoms with Gasteiger partial charge in [0.25, 0.3) is 0 Å². The monoisotopic (exact) mass is 257 g/mol. The minimum absolute atomic E-state index is 0.372. The zero-order chi connectivity index (χ0) is 12.6. The molecular weight excluding hydrogens is 238 g/mol. The summed E-state index contributed by atoms with van der Waals surface area (Å²) >= 11 is 4.96. The van der Waals surface area contributed by atoms with Gasteiger partial charge in [0.2, 0.25) is 0 Å². The number of allylic oxidation sites excluding steroid dienone is 2. The summed E-state index contributed by atoms with van der Waals surface area (Å²) in [6, 6.07) is 8.97. The molecule has 3 rings (SSSR count). The first-order valence-corrected chi connectivity index (χ1v) is 7.19. The second-order valence-corrected chi connectivity index (χ2v) is 5.87. The number of rotatable bonds is 2. The van der Waals surface area contributed by atoms with Crippen molar-refractivity contribution in [2.75, 3.05) is 0 Å². The van der Waals surface area contributed by atoms with Crippen LogP contribution in [0.25, 0.3) is 0 Å². The average Bonchev–Trinajstić information content (AvgIpc) is 2.74. The molecular formula is C16H19NS. The summed E-state index contributed by atoms with van der Waals surface area (Å²) in [5, 5.41) is 3.29. The molecule has 0 amide bonds. The van der Waals surface area contributed by atoms with Crippen molar-refractivity contribution in [3.8, 4) is 0 Å². The number of thiocarbonyl (C=S) groups is 1. The van der Waals surface area contributed by atoms with E-state index in [9.17, 15) is 0 Å². The van der Waals surface area contributed by atoms with Gasteiger partial charge in [-0.05, 0) is 50.2 Å². The Hall–Kier alpha value is -1.15. The summed E-state index contributed by atoms with van der Waals surface area (Å²) in [5.74, 6) is 0. The van der Waals surface area contributed by atoms with E-state index in [1.807, 2.05) is 0 Å². The second-order valence-electron chi connectivity index (χ2n) is 5.64. The lowest BCUT2D eigenvalue weighted by Crippen LogP contribution is -2.31. The van der Waals surface area contributed by atoms with Gasteiger partial charge in [0.15, 0.2) is 0 Å². The van der Waals surface area contributed by atoms with Crippen molar-refractivity contribution in [2.45, 2.75) is 44.4 Å². The van der Waals surface area contributed by atoms with Gasteiger partial charge >= 0.3 is 0 Å². The van der Waals surface area contributed by atoms with Crippen LogP contribution in [0.4, 0.5) is 0 Å². The standard InChI is InChI=1S/C16H19NS/c1-12-6-8-16(10-15(12)17-11-18)9-7-13-4-2-3-5-14(13)16/h2-5,11H,6-10H2,1H3,(H,17,18). The first-order valence-electron chi connectivity index (χ1n) is 6.72. The minimum atomic E-state index is 0.372. The molecule has 2 aliphatic carbocycles. The van der Waals surface area contributed by atoms with E-state index in [0.717, 1.165) is 6.42 Å². The third kappa shape index (κ3) is 1.79. The Bertz CT molecular complexity index is 518. The zero-order valence-corrected chi connectivity index (χ0v) is 11.6. The van der Waals surface area contributed by atoms with Crippen molar-refractivity contribution in [1.82, 2.24) is 5.32 Å². The molecule has 0 fully saturated rings. The number of benzene rings is 1. The van der Waals surface area contributed by atoms with Crippen LogP contribution in [0.15, 0.2) is 35.5 Å². The lowest BCUT2D eigenvalue weighted by Gasteiger charge is -2.36. The van der Waals surface area contributed by atoms with E-state index < -0.39 is 0 Å². The van der Waals surface area contributed by atoms with E-state index in [2.05, 4.69) is 36.5 Å². The SMILES string of the molecule is CC1=C(NC=S)CC2(CC1)CCc1ccccc12. The summed E-state index contributed by atoms with van der Waals surface area (Å²) < 4.78 is 0. The van der Waals surface area contributed by atoms with E-state index in [-0.39, 0.29) is 0 Å². The normalized spacial score (nSPS) is 26.3. The Labute approximate surface area is 114 Å². The van der Waals surface area contributed by atoms with Crippen LogP contribution in [-0.4, -0.2) is 5.49 Å². The fourth-order valence-electron chi connectivity index (χ4n) is 3.61. The molecule has 0 bridgehead atoms. The number of hydrogen-bond donors (Lipinski definition) is 1. The molecule has 0 aliphatic heterocycles. The maximum absolute atomic E-state index is 4.96. The van der Waals surface area contributed by atoms with Crippen molar-refractivity contribution in [1.29, 1.82) is 0 Å². The third-order valence-corrected chi connectivity index (χ3v) is 4.82. The molecule has 0 radical (unpaired) electrons. The predicted molar refractivity (Wildman–Crippen MR) is 79.8 cm³/mol. The highest BCUT2D eigenvalue weighted by Crippen LogP contribution is 2.49. The van der Waals surface area contributed by atoms with Crippen LogP contribution < -0.4 is 5.32 Å². The lowest BCUT2D eigenvalue weighted by molar-refractivity contribution is 0.362. The van der Waals surface area contributed by atoms with Gasteiger partial charge in [-0.25, -0.2) is 0 Å². The molecule has 2 heteroatoms. The lowest BCUT2D eigenvalue weighted by atomic mass is 9.70. The van der Waals surface area contributed by atoms with Gasteiger partial charge in [-0.15, -0.1) is 0 Å². The zero-order valence-electron chi connectivity index (χ0n) is 10.8. The average molecular weight is 257 g/mol. The molecule has 0 saturated heterocycles. The van der Waals surface area contributed by atoms with Crippen LogP contribution in [0.1, 0.15) is 43.7 Å². The van der Waals surface area contributed by atoms with Crippen molar-refractivity contribution in [3.05, 3.63) is 46.7 Å². The number of aryl methyl sites for hydroxylation is 1. The molecule has 1 aromatic rings. The van der Waals surface area contributed by atoms with E-state index in [1.165, 1.54) is 37.0 Å². The van der Waals surface area contributed by atoms with Crippen molar-refractivity contribution in [3.63, 3.8) is 0 Å². The van der Waals surface area contributed by atoms with Crippen LogP contribution >= 0.6 is 12.2 Å². The minimum Gasteiger partial charge on any atom is -0.356 e. The summed E-state index contributed by atoms with van der Waals surface area (Å²) in [4.78, 5) is 0. The summed E-state index contributed by atoms with van der Waals surface area (Å²) in [7, 11) is 0. The summed E-state index contributed by atoms with van der Waals surface area (Å²) in [6.07, 6.45) is 6.14. The molecule has 18 heavy (non-hydrogen) atoms. The Morgan fingerprint density at radius 3 is 2.83 bits per heavy atom. The van der Waals surface area contributed by atoms with Gasteiger partial charge in [0.05, 0.1) is 5.49 Å². The molecule has 1 unspecified atom stereocenters.